The first kappa shape index (κ1) is 39.7. The molecule has 56 heavy (non-hydrogen) atoms. The lowest BCUT2D eigenvalue weighted by molar-refractivity contribution is -0.331. The van der Waals surface area contributed by atoms with Crippen LogP contribution in [0.3, 0.4) is 0 Å². The molecule has 0 amide bonds. The molecule has 0 radical (unpaired) electrons. The molecule has 4 aliphatic heterocycles. The van der Waals surface area contributed by atoms with E-state index in [9.17, 15) is 34.8 Å². The Morgan fingerprint density at radius 2 is 1.41 bits per heavy atom. The molecule has 2 aromatic carbocycles. The first-order valence-corrected chi connectivity index (χ1v) is 18.3. The van der Waals surface area contributed by atoms with E-state index in [0.29, 0.717) is 5.56 Å². The maximum Gasteiger partial charge on any atom is 0.331 e. The van der Waals surface area contributed by atoms with Gasteiger partial charge in [-0.3, -0.25) is 4.79 Å². The number of aliphatic hydroxyl groups excluding tert-OH is 4. The quantitative estimate of drug-likeness (QED) is 0.102. The van der Waals surface area contributed by atoms with Crippen LogP contribution in [-0.2, 0) is 57.0 Å². The molecule has 4 heterocycles. The zero-order valence-corrected chi connectivity index (χ0v) is 30.4. The van der Waals surface area contributed by atoms with E-state index in [2.05, 4.69) is 0 Å². The first-order chi connectivity index (χ1) is 27.0. The number of esters is 3. The van der Waals surface area contributed by atoms with Gasteiger partial charge in [-0.1, -0.05) is 60.7 Å². The summed E-state index contributed by atoms with van der Waals surface area (Å²) in [6.07, 6.45) is -6.71. The van der Waals surface area contributed by atoms with Crippen molar-refractivity contribution < 1.29 is 77.4 Å². The van der Waals surface area contributed by atoms with E-state index in [1.165, 1.54) is 24.5 Å². The van der Waals surface area contributed by atoms with Crippen molar-refractivity contribution in [2.75, 3.05) is 13.2 Å². The maximum absolute atomic E-state index is 13.4. The number of carbonyl (C=O) groups is 3. The predicted molar refractivity (Wildman–Crippen MR) is 190 cm³/mol. The Kier molecular flexibility index (Phi) is 12.0. The number of benzene rings is 2. The van der Waals surface area contributed by atoms with Gasteiger partial charge in [0.2, 0.25) is 6.29 Å². The van der Waals surface area contributed by atoms with Crippen molar-refractivity contribution in [3.05, 3.63) is 96.3 Å². The second-order valence-electron chi connectivity index (χ2n) is 14.1. The van der Waals surface area contributed by atoms with Crippen LogP contribution in [0, 0.1) is 11.8 Å². The number of hydrogen-bond donors (Lipinski definition) is 4. The number of carbonyl (C=O) groups excluding carboxylic acids is 3. The fraction of sp³-hybridized carbons (Fsp3) is 0.475. The molecule has 4 fully saturated rings. The number of hydrogen-bond acceptors (Lipinski definition) is 16. The topological polar surface area (TPSA) is 218 Å². The van der Waals surface area contributed by atoms with E-state index >= 15 is 0 Å². The van der Waals surface area contributed by atoms with Gasteiger partial charge in [0, 0.05) is 25.0 Å². The second kappa shape index (κ2) is 16.9. The van der Waals surface area contributed by atoms with Crippen LogP contribution < -0.4 is 0 Å². The number of rotatable bonds is 12. The minimum Gasteiger partial charge on any atom is -0.472 e. The van der Waals surface area contributed by atoms with Crippen LogP contribution in [0.5, 0.6) is 0 Å². The van der Waals surface area contributed by atoms with Crippen LogP contribution in [0.4, 0.5) is 0 Å². The van der Waals surface area contributed by atoms with Gasteiger partial charge in [-0.15, -0.1) is 0 Å². The van der Waals surface area contributed by atoms with Crippen LogP contribution in [0.25, 0.3) is 12.2 Å². The molecular formula is C40H44O16. The van der Waals surface area contributed by atoms with Crippen LogP contribution in [0.15, 0.2) is 85.2 Å². The Morgan fingerprint density at radius 3 is 2.02 bits per heavy atom. The summed E-state index contributed by atoms with van der Waals surface area (Å²) in [5, 5.41) is 41.3. The molecule has 0 unspecified atom stereocenters. The highest BCUT2D eigenvalue weighted by atomic mass is 16.8. The van der Waals surface area contributed by atoms with Gasteiger partial charge in [0.25, 0.3) is 0 Å². The summed E-state index contributed by atoms with van der Waals surface area (Å²) >= 11 is 0. The molecule has 15 atom stereocenters. The molecule has 0 bridgehead atoms. The first-order valence-electron chi connectivity index (χ1n) is 18.3. The molecule has 5 aliphatic rings. The van der Waals surface area contributed by atoms with Gasteiger partial charge in [0.1, 0.15) is 30.0 Å². The molecule has 3 saturated heterocycles. The summed E-state index contributed by atoms with van der Waals surface area (Å²) in [5.41, 5.74) is 0.216. The number of ether oxygens (including phenoxy) is 9. The summed E-state index contributed by atoms with van der Waals surface area (Å²) in [6, 6.07) is 18.1. The highest BCUT2D eigenvalue weighted by Crippen LogP contribution is 2.61. The van der Waals surface area contributed by atoms with E-state index in [1.54, 1.807) is 55.5 Å². The highest BCUT2D eigenvalue weighted by molar-refractivity contribution is 5.88. The standard InChI is InChI=1S/C40H44O16/c1-21-32(52-27(44)15-13-23-9-5-3-6-10-23)34(53-28(45)16-14-24-11-7-4-8-12-24)35(51-22(2)42)39(50-21)54-33-25-17-18-48-37(29(25)40(20-41)36(33)56-40)55-38-31(47)30(46)26(43)19-49-38/h3-18,21,25-26,29-39,41,43,46-47H,19-20H2,1-2H3/b15-13+,16-14+/t21-,25+,26+,29+,30-,31+,32-,33-,34+,35+,36-,37-,38-,39-,40+/m0/s1. The molecule has 16 nitrogen and oxygen atoms in total. The van der Waals surface area contributed by atoms with E-state index in [1.807, 2.05) is 24.3 Å². The fourth-order valence-electron chi connectivity index (χ4n) is 7.68. The highest BCUT2D eigenvalue weighted by Gasteiger charge is 2.77. The van der Waals surface area contributed by atoms with Gasteiger partial charge in [-0.25, -0.2) is 9.59 Å². The molecule has 0 spiro atoms. The van der Waals surface area contributed by atoms with Gasteiger partial charge in [0.05, 0.1) is 37.6 Å². The number of fused-ring (bicyclic) bond motifs is 3. The lowest BCUT2D eigenvalue weighted by Gasteiger charge is -2.45. The summed E-state index contributed by atoms with van der Waals surface area (Å²) in [7, 11) is 0. The number of epoxide rings is 1. The van der Waals surface area contributed by atoms with Gasteiger partial charge in [-0.05, 0) is 36.3 Å². The average Bonchev–Trinajstić information content (AvgIpc) is 3.87. The summed E-state index contributed by atoms with van der Waals surface area (Å²) in [6.45, 7) is 1.95. The van der Waals surface area contributed by atoms with Crippen molar-refractivity contribution in [3.8, 4) is 0 Å². The molecule has 16 heteroatoms. The van der Waals surface area contributed by atoms with Crippen LogP contribution in [0.1, 0.15) is 25.0 Å². The second-order valence-corrected chi connectivity index (χ2v) is 14.1. The predicted octanol–water partition coefficient (Wildman–Crippen LogP) is 1.00. The minimum atomic E-state index is -1.61. The third-order valence-corrected chi connectivity index (χ3v) is 10.5. The summed E-state index contributed by atoms with van der Waals surface area (Å²) in [4.78, 5) is 39.2. The largest absolute Gasteiger partial charge is 0.472 e. The zero-order chi connectivity index (χ0) is 39.6. The molecule has 0 aromatic heterocycles. The Hall–Kier alpha value is -4.49. The Bertz CT molecular complexity index is 1780. The average molecular weight is 781 g/mol. The third-order valence-electron chi connectivity index (χ3n) is 10.5. The summed E-state index contributed by atoms with van der Waals surface area (Å²) in [5.74, 6) is -3.70. The zero-order valence-electron chi connectivity index (χ0n) is 30.4. The van der Waals surface area contributed by atoms with Crippen molar-refractivity contribution in [3.63, 3.8) is 0 Å². The lowest BCUT2D eigenvalue weighted by Crippen LogP contribution is -2.62. The lowest BCUT2D eigenvalue weighted by atomic mass is 9.85. The fourth-order valence-corrected chi connectivity index (χ4v) is 7.68. The van der Waals surface area contributed by atoms with Gasteiger partial charge in [0.15, 0.2) is 30.9 Å². The maximum atomic E-state index is 13.4. The molecule has 300 valence electrons. The van der Waals surface area contributed by atoms with Crippen molar-refractivity contribution in [1.82, 2.24) is 0 Å². The van der Waals surface area contributed by atoms with Crippen molar-refractivity contribution in [1.29, 1.82) is 0 Å². The van der Waals surface area contributed by atoms with E-state index in [-0.39, 0.29) is 6.61 Å². The van der Waals surface area contributed by atoms with Crippen molar-refractivity contribution in [2.24, 2.45) is 11.8 Å². The van der Waals surface area contributed by atoms with E-state index in [4.69, 9.17) is 42.6 Å². The monoisotopic (exact) mass is 780 g/mol. The molecular weight excluding hydrogens is 736 g/mol. The Labute approximate surface area is 321 Å². The Balaban J connectivity index is 1.14. The Morgan fingerprint density at radius 1 is 0.786 bits per heavy atom. The summed E-state index contributed by atoms with van der Waals surface area (Å²) < 4.78 is 53.5. The molecule has 4 N–H and O–H groups in total. The van der Waals surface area contributed by atoms with Gasteiger partial charge >= 0.3 is 17.9 Å². The van der Waals surface area contributed by atoms with E-state index in [0.717, 1.165) is 12.5 Å². The van der Waals surface area contributed by atoms with Gasteiger partial charge < -0.3 is 63.1 Å². The number of aliphatic hydroxyl groups is 4. The molecule has 1 saturated carbocycles. The molecule has 1 aliphatic carbocycles. The smallest absolute Gasteiger partial charge is 0.331 e. The van der Waals surface area contributed by atoms with Crippen molar-refractivity contribution >= 4 is 30.1 Å². The SMILES string of the molecule is CC(=O)O[C@H]1[C@H](O[C@H]2[C@@H]3C=CO[C@@H](O[C@@H]4OC[C@@H](O)[C@H](O)[C@H]4O)[C@@H]3[C@@]3(CO)O[C@@H]23)O[C@@H](C)[C@H](OC(=O)/C=C/c2ccccc2)[C@H]1OC(=O)/C=C/c1ccccc1. The van der Waals surface area contributed by atoms with E-state index < -0.39 is 116 Å². The van der Waals surface area contributed by atoms with Gasteiger partial charge in [-0.2, -0.15) is 0 Å². The molecule has 7 rings (SSSR count). The van der Waals surface area contributed by atoms with Crippen LogP contribution in [0.2, 0.25) is 0 Å². The van der Waals surface area contributed by atoms with Crippen LogP contribution in [-0.4, -0.2) is 131 Å². The normalized spacial score (nSPS) is 38.7. The third kappa shape index (κ3) is 8.30. The van der Waals surface area contributed by atoms with Crippen molar-refractivity contribution in [2.45, 2.75) is 93.3 Å². The minimum absolute atomic E-state index is 0.308. The van der Waals surface area contributed by atoms with Crippen LogP contribution >= 0.6 is 0 Å². The molecule has 2 aromatic rings.